The van der Waals surface area contributed by atoms with Gasteiger partial charge in [-0.15, -0.1) is 11.3 Å². The number of hydrogen-bond acceptors (Lipinski definition) is 4. The molecule has 0 bridgehead atoms. The predicted molar refractivity (Wildman–Crippen MR) is 120 cm³/mol. The molecule has 0 radical (unpaired) electrons. The number of allylic oxidation sites excluding steroid dienone is 1. The van der Waals surface area contributed by atoms with Gasteiger partial charge in [0.15, 0.2) is 0 Å². The highest BCUT2D eigenvalue weighted by molar-refractivity contribution is 7.13. The van der Waals surface area contributed by atoms with Crippen molar-refractivity contribution in [2.45, 2.75) is 54.5 Å². The predicted octanol–water partition coefficient (Wildman–Crippen LogP) is 5.88. The van der Waals surface area contributed by atoms with E-state index in [1.807, 2.05) is 37.3 Å². The highest BCUT2D eigenvalue weighted by atomic mass is 32.1. The van der Waals surface area contributed by atoms with Crippen LogP contribution in [-0.2, 0) is 11.3 Å². The van der Waals surface area contributed by atoms with Crippen LogP contribution < -0.4 is 0 Å². The molecule has 1 aromatic carbocycles. The molecule has 4 nitrogen and oxygen atoms in total. The SMILES string of the molecule is C/C=C(\N=C(/C)CC)C(=O)N(Cc1ccc(-c2scnc2C)cc1)CC(C)C. The number of carbonyl (C=O) groups excluding carboxylic acids is 1. The number of aromatic nitrogens is 1. The molecule has 0 aliphatic carbocycles. The fourth-order valence-electron chi connectivity index (χ4n) is 2.90. The molecular formula is C23H31N3OS. The van der Waals surface area contributed by atoms with Crippen molar-refractivity contribution >= 4 is 23.0 Å². The molecule has 0 unspecified atom stereocenters. The van der Waals surface area contributed by atoms with Gasteiger partial charge in [-0.05, 0) is 44.2 Å². The molecule has 0 fully saturated rings. The standard InChI is InChI=1S/C23H31N3OS/c1-7-17(5)25-21(8-2)23(27)26(13-16(3)4)14-19-9-11-20(12-10-19)22-18(6)24-15-28-22/h8-12,15-16H,7,13-14H2,1-6H3/b21-8-,25-17+. The van der Waals surface area contributed by atoms with Gasteiger partial charge in [-0.3, -0.25) is 9.79 Å². The number of carbonyl (C=O) groups is 1. The first kappa shape index (κ1) is 22.0. The first-order valence-electron chi connectivity index (χ1n) is 9.84. The van der Waals surface area contributed by atoms with Crippen LogP contribution in [0.15, 0.2) is 46.5 Å². The number of hydrogen-bond donors (Lipinski definition) is 0. The lowest BCUT2D eigenvalue weighted by Crippen LogP contribution is -2.34. The molecule has 5 heteroatoms. The van der Waals surface area contributed by atoms with E-state index in [-0.39, 0.29) is 5.91 Å². The second-order valence-corrected chi connectivity index (χ2v) is 8.27. The summed E-state index contributed by atoms with van der Waals surface area (Å²) in [6, 6.07) is 8.43. The van der Waals surface area contributed by atoms with Gasteiger partial charge in [0.2, 0.25) is 0 Å². The van der Waals surface area contributed by atoms with Gasteiger partial charge in [0.1, 0.15) is 5.70 Å². The number of amides is 1. The number of nitrogens with zero attached hydrogens (tertiary/aromatic N) is 3. The summed E-state index contributed by atoms with van der Waals surface area (Å²) in [7, 11) is 0. The highest BCUT2D eigenvalue weighted by Crippen LogP contribution is 2.27. The molecule has 0 aliphatic heterocycles. The number of aliphatic imine (C=N–C) groups is 1. The summed E-state index contributed by atoms with van der Waals surface area (Å²) in [6.45, 7) is 13.5. The monoisotopic (exact) mass is 397 g/mol. The quantitative estimate of drug-likeness (QED) is 0.412. The smallest absolute Gasteiger partial charge is 0.272 e. The Morgan fingerprint density at radius 1 is 1.29 bits per heavy atom. The van der Waals surface area contributed by atoms with Crippen LogP contribution in [0.5, 0.6) is 0 Å². The Hall–Kier alpha value is -2.27. The molecule has 0 saturated carbocycles. The second kappa shape index (κ2) is 10.3. The van der Waals surface area contributed by atoms with Crippen LogP contribution in [0.4, 0.5) is 0 Å². The molecule has 28 heavy (non-hydrogen) atoms. The summed E-state index contributed by atoms with van der Waals surface area (Å²) in [4.78, 5) is 25.1. The zero-order valence-corrected chi connectivity index (χ0v) is 18.6. The summed E-state index contributed by atoms with van der Waals surface area (Å²) in [5.74, 6) is 0.379. The third-order valence-electron chi connectivity index (χ3n) is 4.52. The first-order valence-corrected chi connectivity index (χ1v) is 10.7. The van der Waals surface area contributed by atoms with E-state index < -0.39 is 0 Å². The third kappa shape index (κ3) is 5.86. The number of benzene rings is 1. The van der Waals surface area contributed by atoms with Gasteiger partial charge in [-0.2, -0.15) is 0 Å². The number of thiazole rings is 1. The molecule has 0 N–H and O–H groups in total. The second-order valence-electron chi connectivity index (χ2n) is 7.42. The Morgan fingerprint density at radius 3 is 2.46 bits per heavy atom. The van der Waals surface area contributed by atoms with E-state index in [2.05, 4.69) is 55.0 Å². The van der Waals surface area contributed by atoms with Crippen molar-refractivity contribution in [3.8, 4) is 10.4 Å². The lowest BCUT2D eigenvalue weighted by molar-refractivity contribution is -0.128. The van der Waals surface area contributed by atoms with Gasteiger partial charge in [-0.25, -0.2) is 4.98 Å². The van der Waals surface area contributed by atoms with Crippen molar-refractivity contribution in [3.05, 3.63) is 52.8 Å². The summed E-state index contributed by atoms with van der Waals surface area (Å²) >= 11 is 1.65. The molecular weight excluding hydrogens is 366 g/mol. The highest BCUT2D eigenvalue weighted by Gasteiger charge is 2.19. The molecule has 0 atom stereocenters. The largest absolute Gasteiger partial charge is 0.333 e. The van der Waals surface area contributed by atoms with Gasteiger partial charge >= 0.3 is 0 Å². The Labute approximate surface area is 173 Å². The van der Waals surface area contributed by atoms with E-state index in [9.17, 15) is 4.79 Å². The average Bonchev–Trinajstić information content (AvgIpc) is 3.11. The van der Waals surface area contributed by atoms with E-state index in [1.54, 1.807) is 11.3 Å². The molecule has 150 valence electrons. The van der Waals surface area contributed by atoms with Gasteiger partial charge in [-0.1, -0.05) is 51.1 Å². The topological polar surface area (TPSA) is 45.6 Å². The first-order chi connectivity index (χ1) is 13.3. The van der Waals surface area contributed by atoms with Crippen molar-refractivity contribution in [2.24, 2.45) is 10.9 Å². The fraction of sp³-hybridized carbons (Fsp3) is 0.435. The van der Waals surface area contributed by atoms with Crippen LogP contribution in [0.25, 0.3) is 10.4 Å². The van der Waals surface area contributed by atoms with Gasteiger partial charge in [0, 0.05) is 18.8 Å². The Morgan fingerprint density at radius 2 is 1.96 bits per heavy atom. The van der Waals surface area contributed by atoms with Crippen LogP contribution in [0.2, 0.25) is 0 Å². The molecule has 1 aromatic heterocycles. The fourth-order valence-corrected chi connectivity index (χ4v) is 3.72. The molecule has 1 heterocycles. The summed E-state index contributed by atoms with van der Waals surface area (Å²) in [5, 5.41) is 0. The molecule has 2 rings (SSSR count). The summed E-state index contributed by atoms with van der Waals surface area (Å²) in [5.41, 5.74) is 6.71. The Bertz CT molecular complexity index is 847. The van der Waals surface area contributed by atoms with E-state index in [0.29, 0.717) is 24.7 Å². The van der Waals surface area contributed by atoms with Crippen molar-refractivity contribution in [2.75, 3.05) is 6.54 Å². The lowest BCUT2D eigenvalue weighted by Gasteiger charge is -2.25. The number of rotatable bonds is 8. The van der Waals surface area contributed by atoms with Crippen molar-refractivity contribution in [1.82, 2.24) is 9.88 Å². The normalized spacial score (nSPS) is 12.5. The Kier molecular flexibility index (Phi) is 8.12. The van der Waals surface area contributed by atoms with Gasteiger partial charge in [0.25, 0.3) is 5.91 Å². The lowest BCUT2D eigenvalue weighted by atomic mass is 10.1. The van der Waals surface area contributed by atoms with E-state index in [0.717, 1.165) is 23.4 Å². The zero-order valence-electron chi connectivity index (χ0n) is 17.8. The van der Waals surface area contributed by atoms with E-state index in [1.165, 1.54) is 10.4 Å². The molecule has 0 aliphatic rings. The number of aryl methyl sites for hydroxylation is 1. The molecule has 0 saturated heterocycles. The minimum Gasteiger partial charge on any atom is -0.333 e. The summed E-state index contributed by atoms with van der Waals surface area (Å²) < 4.78 is 0. The van der Waals surface area contributed by atoms with Crippen LogP contribution >= 0.6 is 11.3 Å². The van der Waals surface area contributed by atoms with Crippen molar-refractivity contribution in [1.29, 1.82) is 0 Å². The van der Waals surface area contributed by atoms with Gasteiger partial charge < -0.3 is 4.90 Å². The Balaban J connectivity index is 2.22. The maximum absolute atomic E-state index is 13.1. The van der Waals surface area contributed by atoms with E-state index in [4.69, 9.17) is 0 Å². The minimum atomic E-state index is -0.00798. The van der Waals surface area contributed by atoms with Crippen LogP contribution in [0, 0.1) is 12.8 Å². The van der Waals surface area contributed by atoms with Crippen LogP contribution in [-0.4, -0.2) is 28.0 Å². The van der Waals surface area contributed by atoms with Crippen LogP contribution in [0.1, 0.15) is 52.3 Å². The van der Waals surface area contributed by atoms with Gasteiger partial charge in [0.05, 0.1) is 16.1 Å². The minimum absolute atomic E-state index is 0.00798. The molecule has 1 amide bonds. The maximum Gasteiger partial charge on any atom is 0.272 e. The maximum atomic E-state index is 13.1. The molecule has 0 spiro atoms. The van der Waals surface area contributed by atoms with Crippen molar-refractivity contribution < 1.29 is 4.79 Å². The zero-order chi connectivity index (χ0) is 20.7. The van der Waals surface area contributed by atoms with E-state index >= 15 is 0 Å². The van der Waals surface area contributed by atoms with Crippen LogP contribution in [0.3, 0.4) is 0 Å². The third-order valence-corrected chi connectivity index (χ3v) is 5.50. The summed E-state index contributed by atoms with van der Waals surface area (Å²) in [6.07, 6.45) is 2.65. The van der Waals surface area contributed by atoms with Crippen molar-refractivity contribution in [3.63, 3.8) is 0 Å². The molecule has 2 aromatic rings. The average molecular weight is 398 g/mol.